The van der Waals surface area contributed by atoms with Crippen molar-refractivity contribution in [1.29, 1.82) is 0 Å². The lowest BCUT2D eigenvalue weighted by Crippen LogP contribution is -2.28. The minimum Gasteiger partial charge on any atom is -0.375 e. The third-order valence-corrected chi connectivity index (χ3v) is 3.69. The Balaban J connectivity index is 2.12. The highest BCUT2D eigenvalue weighted by molar-refractivity contribution is 14.1. The third kappa shape index (κ3) is 3.80. The van der Waals surface area contributed by atoms with Crippen molar-refractivity contribution in [2.24, 2.45) is 0 Å². The van der Waals surface area contributed by atoms with Crippen LogP contribution >= 0.6 is 22.6 Å². The van der Waals surface area contributed by atoms with Gasteiger partial charge in [-0.2, -0.15) is 0 Å². The standard InChI is InChI=1S/C16H16INO/c1-2-15(16(19)12-6-4-3-5-7-12)18-14-10-8-13(17)9-11-14/h3-11,15,18H,2H2,1H3. The Morgan fingerprint density at radius 3 is 2.32 bits per heavy atom. The van der Waals surface area contributed by atoms with Crippen LogP contribution in [-0.4, -0.2) is 11.8 Å². The first-order valence-corrected chi connectivity index (χ1v) is 7.40. The molecule has 2 nitrogen and oxygen atoms in total. The van der Waals surface area contributed by atoms with Crippen LogP contribution in [0.15, 0.2) is 54.6 Å². The first kappa shape index (κ1) is 14.1. The molecule has 0 heterocycles. The molecular formula is C16H16INO. The lowest BCUT2D eigenvalue weighted by Gasteiger charge is -2.17. The van der Waals surface area contributed by atoms with Crippen LogP contribution in [0.5, 0.6) is 0 Å². The average molecular weight is 365 g/mol. The minimum absolute atomic E-state index is 0.140. The van der Waals surface area contributed by atoms with Gasteiger partial charge >= 0.3 is 0 Å². The summed E-state index contributed by atoms with van der Waals surface area (Å²) in [5.74, 6) is 0.140. The van der Waals surface area contributed by atoms with E-state index in [2.05, 4.69) is 27.9 Å². The van der Waals surface area contributed by atoms with Gasteiger partial charge in [-0.1, -0.05) is 37.3 Å². The second-order valence-corrected chi connectivity index (χ2v) is 5.59. The quantitative estimate of drug-likeness (QED) is 0.630. The summed E-state index contributed by atoms with van der Waals surface area (Å²) in [6.45, 7) is 2.02. The summed E-state index contributed by atoms with van der Waals surface area (Å²) in [6.07, 6.45) is 0.764. The van der Waals surface area contributed by atoms with E-state index >= 15 is 0 Å². The first-order chi connectivity index (χ1) is 9.20. The van der Waals surface area contributed by atoms with Gasteiger partial charge in [-0.15, -0.1) is 0 Å². The van der Waals surface area contributed by atoms with E-state index in [1.807, 2.05) is 61.5 Å². The van der Waals surface area contributed by atoms with Crippen LogP contribution in [0.1, 0.15) is 23.7 Å². The number of nitrogens with one attached hydrogen (secondary N) is 1. The van der Waals surface area contributed by atoms with Crippen LogP contribution in [-0.2, 0) is 0 Å². The molecule has 0 aliphatic heterocycles. The molecule has 98 valence electrons. The fourth-order valence-electron chi connectivity index (χ4n) is 1.90. The second kappa shape index (κ2) is 6.70. The summed E-state index contributed by atoms with van der Waals surface area (Å²) in [6, 6.07) is 17.3. The van der Waals surface area contributed by atoms with Gasteiger partial charge in [-0.25, -0.2) is 0 Å². The summed E-state index contributed by atoms with van der Waals surface area (Å²) in [7, 11) is 0. The van der Waals surface area contributed by atoms with E-state index in [0.29, 0.717) is 0 Å². The molecule has 1 unspecified atom stereocenters. The maximum absolute atomic E-state index is 12.4. The topological polar surface area (TPSA) is 29.1 Å². The molecule has 0 aliphatic carbocycles. The fraction of sp³-hybridized carbons (Fsp3) is 0.188. The maximum atomic E-state index is 12.4. The van der Waals surface area contributed by atoms with Crippen molar-refractivity contribution in [2.45, 2.75) is 19.4 Å². The van der Waals surface area contributed by atoms with E-state index in [-0.39, 0.29) is 11.8 Å². The Hall–Kier alpha value is -1.36. The minimum atomic E-state index is -0.178. The van der Waals surface area contributed by atoms with Gasteiger partial charge in [0.1, 0.15) is 0 Å². The van der Waals surface area contributed by atoms with Gasteiger partial charge in [0.05, 0.1) is 6.04 Å². The highest BCUT2D eigenvalue weighted by atomic mass is 127. The van der Waals surface area contributed by atoms with E-state index in [0.717, 1.165) is 17.7 Å². The number of ketones is 1. The summed E-state index contributed by atoms with van der Waals surface area (Å²) in [5.41, 5.74) is 1.74. The molecule has 0 aromatic heterocycles. The van der Waals surface area contributed by atoms with Crippen LogP contribution in [0.3, 0.4) is 0 Å². The van der Waals surface area contributed by atoms with Crippen LogP contribution in [0, 0.1) is 3.57 Å². The number of rotatable bonds is 5. The molecule has 0 aliphatic rings. The Bertz CT molecular complexity index is 536. The van der Waals surface area contributed by atoms with Gasteiger partial charge in [-0.05, 0) is 53.3 Å². The summed E-state index contributed by atoms with van der Waals surface area (Å²) < 4.78 is 1.19. The molecule has 0 saturated heterocycles. The molecule has 0 amide bonds. The molecule has 2 aromatic carbocycles. The lowest BCUT2D eigenvalue weighted by molar-refractivity contribution is 0.0968. The van der Waals surface area contributed by atoms with Crippen LogP contribution in [0.4, 0.5) is 5.69 Å². The number of hydrogen-bond acceptors (Lipinski definition) is 2. The van der Waals surface area contributed by atoms with Gasteiger partial charge < -0.3 is 5.32 Å². The summed E-state index contributed by atoms with van der Waals surface area (Å²) in [5, 5.41) is 3.30. The Labute approximate surface area is 127 Å². The molecule has 0 radical (unpaired) electrons. The van der Waals surface area contributed by atoms with Gasteiger partial charge in [0.25, 0.3) is 0 Å². The molecule has 0 saturated carbocycles. The van der Waals surface area contributed by atoms with Crippen molar-refractivity contribution < 1.29 is 4.79 Å². The molecule has 3 heteroatoms. The molecule has 0 fully saturated rings. The van der Waals surface area contributed by atoms with Gasteiger partial charge in [0, 0.05) is 14.8 Å². The van der Waals surface area contributed by atoms with Crippen molar-refractivity contribution in [3.8, 4) is 0 Å². The van der Waals surface area contributed by atoms with Crippen LogP contribution in [0.25, 0.3) is 0 Å². The summed E-state index contributed by atoms with van der Waals surface area (Å²) in [4.78, 5) is 12.4. The number of Topliss-reactive ketones (excluding diaryl/α,β-unsaturated/α-hetero) is 1. The molecule has 19 heavy (non-hydrogen) atoms. The number of carbonyl (C=O) groups is 1. The zero-order valence-electron chi connectivity index (χ0n) is 10.8. The first-order valence-electron chi connectivity index (χ1n) is 6.32. The molecule has 1 N–H and O–H groups in total. The lowest BCUT2D eigenvalue weighted by atomic mass is 10.0. The number of benzene rings is 2. The van der Waals surface area contributed by atoms with Gasteiger partial charge in [0.15, 0.2) is 5.78 Å². The van der Waals surface area contributed by atoms with Gasteiger partial charge in [0.2, 0.25) is 0 Å². The predicted octanol–water partition coefficient (Wildman–Crippen LogP) is 4.36. The van der Waals surface area contributed by atoms with E-state index in [1.54, 1.807) is 0 Å². The molecule has 2 rings (SSSR count). The van der Waals surface area contributed by atoms with Gasteiger partial charge in [-0.3, -0.25) is 4.79 Å². The van der Waals surface area contributed by atoms with E-state index in [1.165, 1.54) is 3.57 Å². The molecule has 1 atom stereocenters. The Morgan fingerprint density at radius 2 is 1.74 bits per heavy atom. The number of hydrogen-bond donors (Lipinski definition) is 1. The predicted molar refractivity (Wildman–Crippen MR) is 87.6 cm³/mol. The average Bonchev–Trinajstić information content (AvgIpc) is 2.47. The van der Waals surface area contributed by atoms with Crippen molar-refractivity contribution in [3.63, 3.8) is 0 Å². The van der Waals surface area contributed by atoms with Crippen molar-refractivity contribution in [1.82, 2.24) is 0 Å². The largest absolute Gasteiger partial charge is 0.375 e. The fourth-order valence-corrected chi connectivity index (χ4v) is 2.26. The smallest absolute Gasteiger partial charge is 0.184 e. The monoisotopic (exact) mass is 365 g/mol. The normalized spacial score (nSPS) is 11.9. The Kier molecular flexibility index (Phi) is 4.96. The van der Waals surface area contributed by atoms with E-state index < -0.39 is 0 Å². The second-order valence-electron chi connectivity index (χ2n) is 4.34. The SMILES string of the molecule is CCC(Nc1ccc(I)cc1)C(=O)c1ccccc1. The third-order valence-electron chi connectivity index (χ3n) is 2.97. The van der Waals surface area contributed by atoms with Crippen molar-refractivity contribution in [2.75, 3.05) is 5.32 Å². The van der Waals surface area contributed by atoms with E-state index in [9.17, 15) is 4.79 Å². The number of carbonyl (C=O) groups excluding carboxylic acids is 1. The number of anilines is 1. The number of halogens is 1. The zero-order valence-corrected chi connectivity index (χ0v) is 12.9. The van der Waals surface area contributed by atoms with E-state index in [4.69, 9.17) is 0 Å². The molecule has 0 spiro atoms. The summed E-state index contributed by atoms with van der Waals surface area (Å²) >= 11 is 2.27. The van der Waals surface area contributed by atoms with Crippen molar-refractivity contribution in [3.05, 3.63) is 63.7 Å². The zero-order chi connectivity index (χ0) is 13.7. The van der Waals surface area contributed by atoms with Crippen LogP contribution < -0.4 is 5.32 Å². The molecule has 0 bridgehead atoms. The molecular weight excluding hydrogens is 349 g/mol. The van der Waals surface area contributed by atoms with Crippen LogP contribution in [0.2, 0.25) is 0 Å². The highest BCUT2D eigenvalue weighted by Gasteiger charge is 2.17. The Morgan fingerprint density at radius 1 is 1.11 bits per heavy atom. The highest BCUT2D eigenvalue weighted by Crippen LogP contribution is 2.15. The van der Waals surface area contributed by atoms with Crippen molar-refractivity contribution >= 4 is 34.1 Å². The maximum Gasteiger partial charge on any atom is 0.184 e. The molecule has 2 aromatic rings.